The van der Waals surface area contributed by atoms with Gasteiger partial charge in [0.2, 0.25) is 5.91 Å². The average molecular weight is 382 g/mol. The van der Waals surface area contributed by atoms with E-state index in [2.05, 4.69) is 15.3 Å². The number of aromatic nitrogens is 2. The highest BCUT2D eigenvalue weighted by molar-refractivity contribution is 5.96. The van der Waals surface area contributed by atoms with E-state index in [1.54, 1.807) is 0 Å². The van der Waals surface area contributed by atoms with Gasteiger partial charge in [-0.3, -0.25) is 9.59 Å². The van der Waals surface area contributed by atoms with Crippen molar-refractivity contribution in [2.24, 2.45) is 11.7 Å². The fraction of sp³-hybridized carbons (Fsp3) is 0.647. The third-order valence-electron chi connectivity index (χ3n) is 5.32. The Morgan fingerprint density at radius 3 is 2.48 bits per heavy atom. The van der Waals surface area contributed by atoms with Crippen LogP contribution >= 0.6 is 0 Å². The Bertz CT molecular complexity index is 708. The highest BCUT2D eigenvalue weighted by atomic mass is 19.3. The number of hydrogen-bond donors (Lipinski definition) is 3. The van der Waals surface area contributed by atoms with E-state index in [1.807, 2.05) is 0 Å². The lowest BCUT2D eigenvalue weighted by Gasteiger charge is -2.33. The van der Waals surface area contributed by atoms with Crippen LogP contribution in [-0.2, 0) is 4.79 Å². The summed E-state index contributed by atoms with van der Waals surface area (Å²) in [5, 5.41) is 2.87. The first-order valence-electron chi connectivity index (χ1n) is 9.06. The molecule has 0 spiro atoms. The fourth-order valence-electron chi connectivity index (χ4n) is 3.74. The molecule has 8 nitrogen and oxygen atoms in total. The number of nitrogen functional groups attached to an aromatic ring is 1. The molecular weight excluding hydrogens is 358 g/mol. The normalized spacial score (nSPS) is 25.8. The molecule has 1 saturated heterocycles. The van der Waals surface area contributed by atoms with Crippen LogP contribution in [0.4, 0.5) is 14.6 Å². The molecule has 2 fully saturated rings. The monoisotopic (exact) mass is 382 g/mol. The van der Waals surface area contributed by atoms with Crippen LogP contribution in [-0.4, -0.2) is 57.8 Å². The van der Waals surface area contributed by atoms with Crippen LogP contribution < -0.4 is 16.8 Å². The molecule has 1 aromatic rings. The van der Waals surface area contributed by atoms with Crippen molar-refractivity contribution >= 4 is 17.6 Å². The van der Waals surface area contributed by atoms with Crippen molar-refractivity contribution in [3.8, 4) is 0 Å². The van der Waals surface area contributed by atoms with Crippen LogP contribution in [0, 0.1) is 5.92 Å². The van der Waals surface area contributed by atoms with Crippen molar-refractivity contribution in [2.45, 2.75) is 50.1 Å². The van der Waals surface area contributed by atoms with E-state index >= 15 is 0 Å². The van der Waals surface area contributed by atoms with Crippen molar-refractivity contribution in [3.05, 3.63) is 18.1 Å². The van der Waals surface area contributed by atoms with Gasteiger partial charge in [-0.25, -0.2) is 18.7 Å². The summed E-state index contributed by atoms with van der Waals surface area (Å²) in [6, 6.07) is -0.861. The minimum atomic E-state index is -2.82. The van der Waals surface area contributed by atoms with Crippen LogP contribution in [0.2, 0.25) is 0 Å². The zero-order chi connectivity index (χ0) is 19.6. The van der Waals surface area contributed by atoms with Crippen LogP contribution in [0.1, 0.15) is 42.6 Å². The summed E-state index contributed by atoms with van der Waals surface area (Å²) in [6.45, 7) is -0.505. The van der Waals surface area contributed by atoms with Crippen LogP contribution in [0.15, 0.2) is 12.4 Å². The van der Waals surface area contributed by atoms with Gasteiger partial charge in [0, 0.05) is 31.4 Å². The number of hydrogen-bond acceptors (Lipinski definition) is 6. The highest BCUT2D eigenvalue weighted by Crippen LogP contribution is 2.30. The maximum atomic E-state index is 13.3. The van der Waals surface area contributed by atoms with Gasteiger partial charge in [-0.2, -0.15) is 0 Å². The molecule has 0 aromatic carbocycles. The van der Waals surface area contributed by atoms with Gasteiger partial charge < -0.3 is 21.7 Å². The zero-order valence-corrected chi connectivity index (χ0v) is 14.9. The first-order chi connectivity index (χ1) is 12.8. The molecule has 2 heterocycles. The molecule has 0 radical (unpaired) electrons. The summed E-state index contributed by atoms with van der Waals surface area (Å²) in [5.41, 5.74) is 11.8. The molecule has 5 N–H and O–H groups in total. The topological polar surface area (TPSA) is 127 Å². The van der Waals surface area contributed by atoms with E-state index in [0.29, 0.717) is 25.7 Å². The number of alkyl halides is 2. The van der Waals surface area contributed by atoms with Gasteiger partial charge in [0.1, 0.15) is 0 Å². The molecule has 3 rings (SSSR count). The Morgan fingerprint density at radius 2 is 1.89 bits per heavy atom. The van der Waals surface area contributed by atoms with Crippen LogP contribution in [0.25, 0.3) is 0 Å². The predicted molar refractivity (Wildman–Crippen MR) is 93.8 cm³/mol. The Balaban J connectivity index is 1.49. The van der Waals surface area contributed by atoms with Gasteiger partial charge in [-0.05, 0) is 31.6 Å². The number of carbonyl (C=O) groups excluding carboxylic acids is 2. The lowest BCUT2D eigenvalue weighted by molar-refractivity contribution is -0.134. The molecule has 2 aliphatic rings. The van der Waals surface area contributed by atoms with E-state index in [1.165, 1.54) is 12.4 Å². The number of carbonyl (C=O) groups is 2. The number of halogens is 2. The number of anilines is 1. The summed E-state index contributed by atoms with van der Waals surface area (Å²) < 4.78 is 26.6. The van der Waals surface area contributed by atoms with Gasteiger partial charge in [0.05, 0.1) is 12.6 Å². The second-order valence-electron chi connectivity index (χ2n) is 7.27. The summed E-state index contributed by atoms with van der Waals surface area (Å²) in [6.07, 6.45) is 5.06. The number of nitrogens with two attached hydrogens (primary N) is 2. The lowest BCUT2D eigenvalue weighted by Crippen LogP contribution is -2.49. The van der Waals surface area contributed by atoms with Gasteiger partial charge in [-0.1, -0.05) is 0 Å². The van der Waals surface area contributed by atoms with Crippen molar-refractivity contribution in [1.29, 1.82) is 0 Å². The van der Waals surface area contributed by atoms with Crippen LogP contribution in [0.3, 0.4) is 0 Å². The number of amides is 2. The van der Waals surface area contributed by atoms with Gasteiger partial charge in [-0.15, -0.1) is 0 Å². The maximum absolute atomic E-state index is 13.3. The van der Waals surface area contributed by atoms with Crippen molar-refractivity contribution < 1.29 is 18.4 Å². The summed E-state index contributed by atoms with van der Waals surface area (Å²) in [7, 11) is 0. The molecule has 1 aliphatic heterocycles. The number of nitrogens with one attached hydrogen (secondary N) is 1. The Hall–Kier alpha value is -2.36. The standard InChI is InChI=1S/C17H24F2N6O2/c18-17(19)5-8-25(9-17)16(27)12(20)10-1-3-11(4-2-10)24-15(26)13-14(21)23-7-6-22-13/h6-7,10-12H,1-5,8-9,20H2,(H2,21,23)(H,24,26)/t10-,11-,12-/m0/s1. The predicted octanol–water partition coefficient (Wildman–Crippen LogP) is 0.542. The SMILES string of the molecule is Nc1nccnc1C(=O)N[C@H]1CC[C@H]([C@H](N)C(=O)N2CCC(F)(F)C2)CC1. The summed E-state index contributed by atoms with van der Waals surface area (Å²) in [4.78, 5) is 33.6. The van der Waals surface area contributed by atoms with Crippen LogP contribution in [0.5, 0.6) is 0 Å². The van der Waals surface area contributed by atoms with Crippen molar-refractivity contribution in [2.75, 3.05) is 18.8 Å². The summed E-state index contributed by atoms with van der Waals surface area (Å²) in [5.74, 6) is -3.63. The van der Waals surface area contributed by atoms with E-state index in [-0.39, 0.29) is 42.3 Å². The first kappa shape index (κ1) is 19.4. The number of likely N-dealkylation sites (tertiary alicyclic amines) is 1. The quantitative estimate of drug-likeness (QED) is 0.698. The molecule has 2 amide bonds. The highest BCUT2D eigenvalue weighted by Gasteiger charge is 2.42. The van der Waals surface area contributed by atoms with Gasteiger partial charge in [0.15, 0.2) is 11.5 Å². The molecular formula is C17H24F2N6O2. The molecule has 148 valence electrons. The summed E-state index contributed by atoms with van der Waals surface area (Å²) >= 11 is 0. The minimum Gasteiger partial charge on any atom is -0.382 e. The smallest absolute Gasteiger partial charge is 0.273 e. The molecule has 1 aromatic heterocycles. The number of rotatable bonds is 4. The van der Waals surface area contributed by atoms with E-state index in [9.17, 15) is 18.4 Å². The lowest BCUT2D eigenvalue weighted by atomic mass is 9.81. The molecule has 0 unspecified atom stereocenters. The Morgan fingerprint density at radius 1 is 1.22 bits per heavy atom. The van der Waals surface area contributed by atoms with Crippen molar-refractivity contribution in [1.82, 2.24) is 20.2 Å². The van der Waals surface area contributed by atoms with E-state index < -0.39 is 24.4 Å². The molecule has 1 aliphatic carbocycles. The fourth-order valence-corrected chi connectivity index (χ4v) is 3.74. The second-order valence-corrected chi connectivity index (χ2v) is 7.27. The first-order valence-corrected chi connectivity index (χ1v) is 9.06. The van der Waals surface area contributed by atoms with Gasteiger partial charge >= 0.3 is 0 Å². The largest absolute Gasteiger partial charge is 0.382 e. The van der Waals surface area contributed by atoms with Gasteiger partial charge in [0.25, 0.3) is 11.8 Å². The van der Waals surface area contributed by atoms with Crippen molar-refractivity contribution in [3.63, 3.8) is 0 Å². The minimum absolute atomic E-state index is 0.0461. The Labute approximate surface area is 155 Å². The number of nitrogens with zero attached hydrogens (tertiary/aromatic N) is 3. The zero-order valence-electron chi connectivity index (χ0n) is 14.9. The molecule has 1 saturated carbocycles. The molecule has 1 atom stereocenters. The molecule has 0 bridgehead atoms. The second kappa shape index (κ2) is 7.71. The van der Waals surface area contributed by atoms with E-state index in [4.69, 9.17) is 11.5 Å². The Kier molecular flexibility index (Phi) is 5.54. The molecule has 27 heavy (non-hydrogen) atoms. The maximum Gasteiger partial charge on any atom is 0.273 e. The van der Waals surface area contributed by atoms with E-state index in [0.717, 1.165) is 4.90 Å². The third-order valence-corrected chi connectivity index (χ3v) is 5.32. The molecule has 10 heteroatoms. The average Bonchev–Trinajstić information content (AvgIpc) is 3.01. The third kappa shape index (κ3) is 4.49.